The van der Waals surface area contributed by atoms with E-state index in [0.717, 1.165) is 12.3 Å². The van der Waals surface area contributed by atoms with Crippen LogP contribution < -0.4 is 11.2 Å². The topological polar surface area (TPSA) is 57.4 Å². The summed E-state index contributed by atoms with van der Waals surface area (Å²) in [4.78, 5) is 3.71. The third kappa shape index (κ3) is 3.55. The molecule has 2 N–H and O–H groups in total. The molecular formula is C14H22BF3N2O2. The molecule has 1 aromatic rings. The maximum Gasteiger partial charge on any atom is 0.497 e. The molecule has 1 aliphatic heterocycles. The van der Waals surface area contributed by atoms with Crippen molar-refractivity contribution >= 4 is 18.4 Å². The van der Waals surface area contributed by atoms with Crippen molar-refractivity contribution in [2.24, 2.45) is 0 Å². The highest BCUT2D eigenvalue weighted by molar-refractivity contribution is 6.62. The van der Waals surface area contributed by atoms with Gasteiger partial charge in [0.15, 0.2) is 0 Å². The van der Waals surface area contributed by atoms with Crippen molar-refractivity contribution in [3.8, 4) is 0 Å². The van der Waals surface area contributed by atoms with Crippen molar-refractivity contribution < 1.29 is 22.5 Å². The van der Waals surface area contributed by atoms with Gasteiger partial charge in [0.05, 0.1) is 16.8 Å². The van der Waals surface area contributed by atoms with E-state index in [4.69, 9.17) is 15.0 Å². The number of pyridine rings is 1. The number of nitrogens with zero attached hydrogens (tertiary/aromatic N) is 1. The molecule has 1 fully saturated rings. The van der Waals surface area contributed by atoms with E-state index in [1.807, 2.05) is 13.8 Å². The largest absolute Gasteiger partial charge is 0.497 e. The van der Waals surface area contributed by atoms with E-state index in [1.165, 1.54) is 0 Å². The predicted molar refractivity (Wildman–Crippen MR) is 80.7 cm³/mol. The third-order valence-electron chi connectivity index (χ3n) is 3.77. The Hall–Kier alpha value is -1.28. The maximum absolute atomic E-state index is 13.1. The van der Waals surface area contributed by atoms with Crippen molar-refractivity contribution in [3.63, 3.8) is 0 Å². The molecule has 1 aliphatic rings. The molecule has 0 saturated carbocycles. The molecule has 0 radical (unpaired) electrons. The molecule has 4 nitrogen and oxygen atoms in total. The lowest BCUT2D eigenvalue weighted by Crippen LogP contribution is -2.41. The maximum atomic E-state index is 13.1. The van der Waals surface area contributed by atoms with E-state index in [-0.39, 0.29) is 11.3 Å². The summed E-state index contributed by atoms with van der Waals surface area (Å²) in [5.41, 5.74) is 2.85. The highest BCUT2D eigenvalue weighted by Gasteiger charge is 2.53. The van der Waals surface area contributed by atoms with Gasteiger partial charge in [0.1, 0.15) is 5.82 Å². The van der Waals surface area contributed by atoms with Crippen LogP contribution in [-0.2, 0) is 15.5 Å². The minimum absolute atomic E-state index is 0.162. The third-order valence-corrected chi connectivity index (χ3v) is 3.77. The Morgan fingerprint density at radius 1 is 1.09 bits per heavy atom. The second kappa shape index (κ2) is 6.08. The number of nitrogen functional groups attached to an aromatic ring is 1. The Labute approximate surface area is 129 Å². The Bertz CT molecular complexity index is 517. The molecule has 22 heavy (non-hydrogen) atoms. The zero-order valence-corrected chi connectivity index (χ0v) is 13.7. The normalized spacial score (nSPS) is 19.6. The summed E-state index contributed by atoms with van der Waals surface area (Å²) in [5, 5.41) is 0. The first-order valence-corrected chi connectivity index (χ1v) is 7.12. The van der Waals surface area contributed by atoms with Crippen LogP contribution in [0.15, 0.2) is 12.3 Å². The fourth-order valence-electron chi connectivity index (χ4n) is 1.89. The standard InChI is InChI=1S/C12H16BF3N2O2.C2H6/c1-10(2)11(3,4)20-13(19-10)8-6-18-9(17)5-7(8)12(14,15)16;1-2/h5-6H,1-4H3,(H2,17,18);1-2H3. The highest BCUT2D eigenvalue weighted by Crippen LogP contribution is 2.38. The quantitative estimate of drug-likeness (QED) is 0.809. The van der Waals surface area contributed by atoms with Gasteiger partial charge in [-0.1, -0.05) is 13.8 Å². The van der Waals surface area contributed by atoms with Gasteiger partial charge < -0.3 is 15.0 Å². The Morgan fingerprint density at radius 2 is 1.55 bits per heavy atom. The summed E-state index contributed by atoms with van der Waals surface area (Å²) in [6.45, 7) is 11.1. The van der Waals surface area contributed by atoms with Crippen molar-refractivity contribution in [3.05, 3.63) is 17.8 Å². The molecule has 2 heterocycles. The van der Waals surface area contributed by atoms with Gasteiger partial charge in [-0.3, -0.25) is 0 Å². The smallest absolute Gasteiger partial charge is 0.399 e. The van der Waals surface area contributed by atoms with E-state index in [1.54, 1.807) is 27.7 Å². The molecule has 1 aromatic heterocycles. The van der Waals surface area contributed by atoms with Crippen molar-refractivity contribution in [1.82, 2.24) is 4.98 Å². The average molecular weight is 318 g/mol. The zero-order chi connectivity index (χ0) is 17.3. The monoisotopic (exact) mass is 318 g/mol. The number of aromatic nitrogens is 1. The Morgan fingerprint density at radius 3 is 1.95 bits per heavy atom. The second-order valence-electron chi connectivity index (χ2n) is 5.78. The summed E-state index contributed by atoms with van der Waals surface area (Å²) in [5.74, 6) is -0.197. The van der Waals surface area contributed by atoms with Crippen molar-refractivity contribution in [2.75, 3.05) is 5.73 Å². The molecule has 0 spiro atoms. The molecule has 0 aliphatic carbocycles. The lowest BCUT2D eigenvalue weighted by molar-refractivity contribution is -0.136. The van der Waals surface area contributed by atoms with Gasteiger partial charge in [0.25, 0.3) is 0 Å². The fraction of sp³-hybridized carbons (Fsp3) is 0.643. The molecule has 8 heteroatoms. The van der Waals surface area contributed by atoms with Gasteiger partial charge in [0, 0.05) is 11.7 Å². The van der Waals surface area contributed by atoms with Crippen LogP contribution in [0.25, 0.3) is 0 Å². The van der Waals surface area contributed by atoms with Gasteiger partial charge in [0.2, 0.25) is 0 Å². The predicted octanol–water partition coefficient (Wildman–Crippen LogP) is 3.01. The molecule has 2 rings (SSSR count). The number of nitrogens with two attached hydrogens (primary N) is 1. The van der Waals surface area contributed by atoms with Gasteiger partial charge in [-0.25, -0.2) is 4.98 Å². The molecule has 0 amide bonds. The summed E-state index contributed by atoms with van der Waals surface area (Å²) in [6.07, 6.45) is -3.49. The van der Waals surface area contributed by atoms with Crippen LogP contribution in [0.2, 0.25) is 0 Å². The fourth-order valence-corrected chi connectivity index (χ4v) is 1.89. The van der Waals surface area contributed by atoms with Crippen LogP contribution in [-0.4, -0.2) is 23.3 Å². The van der Waals surface area contributed by atoms with Crippen LogP contribution in [0.4, 0.5) is 19.0 Å². The first-order chi connectivity index (χ1) is 9.94. The lowest BCUT2D eigenvalue weighted by Gasteiger charge is -2.32. The molecule has 0 unspecified atom stereocenters. The first-order valence-electron chi connectivity index (χ1n) is 7.12. The van der Waals surface area contributed by atoms with Crippen molar-refractivity contribution in [2.45, 2.75) is 58.9 Å². The Kier molecular flexibility index (Phi) is 5.19. The summed E-state index contributed by atoms with van der Waals surface area (Å²) >= 11 is 0. The molecule has 1 saturated heterocycles. The number of hydrogen-bond donors (Lipinski definition) is 1. The van der Waals surface area contributed by atoms with Gasteiger partial charge >= 0.3 is 13.3 Å². The van der Waals surface area contributed by atoms with E-state index >= 15 is 0 Å². The number of anilines is 1. The summed E-state index contributed by atoms with van der Waals surface area (Å²) < 4.78 is 50.5. The SMILES string of the molecule is CC.CC1(C)OB(c2cnc(N)cc2C(F)(F)F)OC1(C)C. The highest BCUT2D eigenvalue weighted by atomic mass is 19.4. The van der Waals surface area contributed by atoms with E-state index in [0.29, 0.717) is 0 Å². The molecule has 124 valence electrons. The van der Waals surface area contributed by atoms with Gasteiger partial charge in [-0.05, 0) is 33.8 Å². The summed E-state index contributed by atoms with van der Waals surface area (Å²) in [6, 6.07) is 0.792. The van der Waals surface area contributed by atoms with Gasteiger partial charge in [-0.15, -0.1) is 0 Å². The van der Waals surface area contributed by atoms with Crippen LogP contribution in [0.5, 0.6) is 0 Å². The van der Waals surface area contributed by atoms with Crippen LogP contribution >= 0.6 is 0 Å². The van der Waals surface area contributed by atoms with Crippen LogP contribution in [0.3, 0.4) is 0 Å². The van der Waals surface area contributed by atoms with Crippen LogP contribution in [0, 0.1) is 0 Å². The number of alkyl halides is 3. The zero-order valence-electron chi connectivity index (χ0n) is 13.7. The average Bonchev–Trinajstić information content (AvgIpc) is 2.59. The number of halogens is 3. The Balaban J connectivity index is 0.00000116. The molecule has 0 aromatic carbocycles. The molecule has 0 bridgehead atoms. The minimum Gasteiger partial charge on any atom is -0.399 e. The first kappa shape index (κ1) is 18.8. The molecular weight excluding hydrogens is 296 g/mol. The van der Waals surface area contributed by atoms with Crippen molar-refractivity contribution in [1.29, 1.82) is 0 Å². The number of rotatable bonds is 1. The molecule has 0 atom stereocenters. The van der Waals surface area contributed by atoms with E-state index in [9.17, 15) is 13.2 Å². The summed E-state index contributed by atoms with van der Waals surface area (Å²) in [7, 11) is -1.12. The van der Waals surface area contributed by atoms with Gasteiger partial charge in [-0.2, -0.15) is 13.2 Å². The number of hydrogen-bond acceptors (Lipinski definition) is 4. The van der Waals surface area contributed by atoms with E-state index < -0.39 is 30.1 Å². The second-order valence-corrected chi connectivity index (χ2v) is 5.78. The lowest BCUT2D eigenvalue weighted by atomic mass is 9.77. The van der Waals surface area contributed by atoms with Crippen LogP contribution in [0.1, 0.15) is 47.1 Å². The van der Waals surface area contributed by atoms with E-state index in [2.05, 4.69) is 4.98 Å². The minimum atomic E-state index is -4.55.